The van der Waals surface area contributed by atoms with Crippen LogP contribution in [0, 0.1) is 29.6 Å². The summed E-state index contributed by atoms with van der Waals surface area (Å²) in [6, 6.07) is 0. The first-order valence-electron chi connectivity index (χ1n) is 18.4. The summed E-state index contributed by atoms with van der Waals surface area (Å²) in [4.78, 5) is 25.9. The van der Waals surface area contributed by atoms with Gasteiger partial charge in [0.2, 0.25) is 0 Å². The molecule has 0 aromatic rings. The summed E-state index contributed by atoms with van der Waals surface area (Å²) < 4.78 is 12.1. The number of esters is 2. The summed E-state index contributed by atoms with van der Waals surface area (Å²) in [6.07, 6.45) is 30.3. The Hall–Kier alpha value is -1.06. The quantitative estimate of drug-likeness (QED) is 0.121. The number of ether oxygens (including phenoxy) is 2. The summed E-state index contributed by atoms with van der Waals surface area (Å²) in [6.45, 7) is 6.72. The molecule has 0 spiro atoms. The highest BCUT2D eigenvalue weighted by molar-refractivity contribution is 5.73. The van der Waals surface area contributed by atoms with Crippen LogP contribution < -0.4 is 0 Å². The van der Waals surface area contributed by atoms with Gasteiger partial charge in [-0.15, -0.1) is 0 Å². The van der Waals surface area contributed by atoms with Gasteiger partial charge in [-0.2, -0.15) is 0 Å². The lowest BCUT2D eigenvalue weighted by molar-refractivity contribution is -0.168. The van der Waals surface area contributed by atoms with Crippen LogP contribution in [-0.2, 0) is 19.1 Å². The minimum Gasteiger partial charge on any atom is -0.462 e. The molecule has 4 nitrogen and oxygen atoms in total. The number of hydrogen-bond donors (Lipinski definition) is 0. The summed E-state index contributed by atoms with van der Waals surface area (Å²) in [5.74, 6) is 2.13. The predicted molar refractivity (Wildman–Crippen MR) is 170 cm³/mol. The van der Waals surface area contributed by atoms with Crippen LogP contribution in [0.3, 0.4) is 0 Å². The fourth-order valence-electron chi connectivity index (χ4n) is 7.91. The van der Waals surface area contributed by atoms with Crippen molar-refractivity contribution in [3.05, 3.63) is 0 Å². The van der Waals surface area contributed by atoms with E-state index in [9.17, 15) is 9.59 Å². The van der Waals surface area contributed by atoms with Crippen LogP contribution in [0.2, 0.25) is 0 Å². The molecule has 3 rings (SSSR count). The lowest BCUT2D eigenvalue weighted by Gasteiger charge is -2.36. The van der Waals surface area contributed by atoms with Crippen LogP contribution in [-0.4, -0.2) is 24.1 Å². The fraction of sp³-hybridized carbons (Fsp3) is 0.946. The van der Waals surface area contributed by atoms with Crippen LogP contribution in [0.15, 0.2) is 0 Å². The molecule has 41 heavy (non-hydrogen) atoms. The second kappa shape index (κ2) is 20.0. The van der Waals surface area contributed by atoms with Crippen molar-refractivity contribution in [3.63, 3.8) is 0 Å². The van der Waals surface area contributed by atoms with E-state index in [0.717, 1.165) is 56.8 Å². The fourth-order valence-corrected chi connectivity index (χ4v) is 7.91. The molecular formula is C37H66O4. The van der Waals surface area contributed by atoms with Crippen molar-refractivity contribution in [1.29, 1.82) is 0 Å². The monoisotopic (exact) mass is 574 g/mol. The first kappa shape index (κ1) is 34.4. The zero-order valence-electron chi connectivity index (χ0n) is 27.4. The second-order valence-electron chi connectivity index (χ2n) is 14.4. The largest absolute Gasteiger partial charge is 0.462 e. The molecule has 3 fully saturated rings. The van der Waals surface area contributed by atoms with Gasteiger partial charge < -0.3 is 9.47 Å². The maximum atomic E-state index is 13.0. The molecule has 0 aromatic heterocycles. The number of hydrogen-bond acceptors (Lipinski definition) is 4. The summed E-state index contributed by atoms with van der Waals surface area (Å²) in [5, 5.41) is 0. The lowest BCUT2D eigenvalue weighted by atomic mass is 9.79. The molecule has 4 heteroatoms. The van der Waals surface area contributed by atoms with Gasteiger partial charge in [0.1, 0.15) is 12.2 Å². The van der Waals surface area contributed by atoms with E-state index >= 15 is 0 Å². The van der Waals surface area contributed by atoms with Crippen molar-refractivity contribution in [2.75, 3.05) is 0 Å². The van der Waals surface area contributed by atoms with Crippen LogP contribution in [0.4, 0.5) is 0 Å². The molecule has 3 aliphatic carbocycles. The highest BCUT2D eigenvalue weighted by Crippen LogP contribution is 2.37. The molecule has 238 valence electrons. The molecule has 0 radical (unpaired) electrons. The van der Waals surface area contributed by atoms with Crippen LogP contribution in [0.25, 0.3) is 0 Å². The molecule has 0 aliphatic heterocycles. The van der Waals surface area contributed by atoms with Gasteiger partial charge in [-0.1, -0.05) is 111 Å². The van der Waals surface area contributed by atoms with Gasteiger partial charge in [-0.3, -0.25) is 9.59 Å². The molecular weight excluding hydrogens is 508 g/mol. The van der Waals surface area contributed by atoms with Crippen LogP contribution in [0.1, 0.15) is 181 Å². The third-order valence-electron chi connectivity index (χ3n) is 10.9. The van der Waals surface area contributed by atoms with Crippen molar-refractivity contribution < 1.29 is 19.1 Å². The maximum Gasteiger partial charge on any atom is 0.309 e. The molecule has 3 atom stereocenters. The number of carbonyl (C=O) groups excluding carboxylic acids is 2. The summed E-state index contributed by atoms with van der Waals surface area (Å²) in [7, 11) is 0. The lowest BCUT2D eigenvalue weighted by Crippen LogP contribution is -2.38. The van der Waals surface area contributed by atoms with E-state index in [4.69, 9.17) is 9.47 Å². The zero-order chi connectivity index (χ0) is 29.3. The Morgan fingerprint density at radius 2 is 0.976 bits per heavy atom. The second-order valence-corrected chi connectivity index (χ2v) is 14.4. The first-order chi connectivity index (χ1) is 20.0. The smallest absolute Gasteiger partial charge is 0.309 e. The molecule has 0 saturated heterocycles. The number of rotatable bonds is 18. The van der Waals surface area contributed by atoms with Crippen molar-refractivity contribution in [2.45, 2.75) is 193 Å². The first-order valence-corrected chi connectivity index (χ1v) is 18.4. The van der Waals surface area contributed by atoms with E-state index in [1.54, 1.807) is 0 Å². The third kappa shape index (κ3) is 13.0. The molecule has 3 unspecified atom stereocenters. The predicted octanol–water partition coefficient (Wildman–Crippen LogP) is 10.7. The van der Waals surface area contributed by atoms with Gasteiger partial charge in [0.05, 0.1) is 11.8 Å². The van der Waals surface area contributed by atoms with Gasteiger partial charge >= 0.3 is 11.9 Å². The normalized spacial score (nSPS) is 30.6. The Bertz CT molecular complexity index is 704. The Kier molecular flexibility index (Phi) is 16.8. The zero-order valence-corrected chi connectivity index (χ0v) is 27.4. The maximum absolute atomic E-state index is 13.0. The van der Waals surface area contributed by atoms with E-state index in [1.165, 1.54) is 116 Å². The van der Waals surface area contributed by atoms with Gasteiger partial charge in [-0.25, -0.2) is 0 Å². The average Bonchev–Trinajstić information content (AvgIpc) is 2.98. The standard InChI is InChI=1S/C37H66O4/c1-4-6-8-10-12-14-16-30-18-22-32(23-19-30)36(38)40-34-26-27-35(29(3)28-34)41-37(39)33-24-20-31(21-25-33)17-15-13-11-9-7-5-2/h29-35H,4-28H2,1-3H3. The molecule has 3 aliphatic rings. The highest BCUT2D eigenvalue weighted by atomic mass is 16.6. The molecule has 0 aromatic carbocycles. The van der Waals surface area contributed by atoms with Crippen LogP contribution >= 0.6 is 0 Å². The minimum atomic E-state index is -0.0179. The Morgan fingerprint density at radius 3 is 1.44 bits per heavy atom. The highest BCUT2D eigenvalue weighted by Gasteiger charge is 2.36. The SMILES string of the molecule is CCCCCCCCC1CCC(C(=O)OC2CCC(OC(=O)C3CCC(CCCCCCCC)CC3)C(C)C2)CC1. The van der Waals surface area contributed by atoms with Gasteiger partial charge in [-0.05, 0) is 88.4 Å². The molecule has 3 saturated carbocycles. The molecule has 0 bridgehead atoms. The number of unbranched alkanes of at least 4 members (excludes halogenated alkanes) is 10. The minimum absolute atomic E-state index is 0.00860. The third-order valence-corrected chi connectivity index (χ3v) is 10.9. The van der Waals surface area contributed by atoms with Crippen LogP contribution in [0.5, 0.6) is 0 Å². The average molecular weight is 575 g/mol. The van der Waals surface area contributed by atoms with E-state index in [0.29, 0.717) is 0 Å². The van der Waals surface area contributed by atoms with Crippen molar-refractivity contribution in [1.82, 2.24) is 0 Å². The van der Waals surface area contributed by atoms with Crippen molar-refractivity contribution in [2.24, 2.45) is 29.6 Å². The summed E-state index contributed by atoms with van der Waals surface area (Å²) in [5.41, 5.74) is 0. The van der Waals surface area contributed by atoms with Crippen molar-refractivity contribution >= 4 is 11.9 Å². The van der Waals surface area contributed by atoms with E-state index in [1.807, 2.05) is 0 Å². The van der Waals surface area contributed by atoms with E-state index in [2.05, 4.69) is 20.8 Å². The molecule has 0 heterocycles. The Morgan fingerprint density at radius 1 is 0.537 bits per heavy atom. The van der Waals surface area contributed by atoms with Gasteiger partial charge in [0.15, 0.2) is 0 Å². The van der Waals surface area contributed by atoms with Gasteiger partial charge in [0.25, 0.3) is 0 Å². The summed E-state index contributed by atoms with van der Waals surface area (Å²) >= 11 is 0. The van der Waals surface area contributed by atoms with E-state index < -0.39 is 0 Å². The van der Waals surface area contributed by atoms with Gasteiger partial charge in [0, 0.05) is 0 Å². The van der Waals surface area contributed by atoms with E-state index in [-0.39, 0.29) is 41.9 Å². The topological polar surface area (TPSA) is 52.6 Å². The number of carbonyl (C=O) groups is 2. The Balaban J connectivity index is 1.25. The van der Waals surface area contributed by atoms with Crippen molar-refractivity contribution in [3.8, 4) is 0 Å². The Labute approximate surface area is 253 Å². The molecule has 0 N–H and O–H groups in total. The molecule has 0 amide bonds.